The monoisotopic (exact) mass is 320 g/mol. The second-order valence-electron chi connectivity index (χ2n) is 4.89. The molecule has 0 saturated carbocycles. The highest BCUT2D eigenvalue weighted by Crippen LogP contribution is 2.22. The van der Waals surface area contributed by atoms with Crippen LogP contribution in [0.5, 0.6) is 0 Å². The molecule has 1 heterocycles. The van der Waals surface area contributed by atoms with E-state index in [1.165, 1.54) is 52.8 Å². The van der Waals surface area contributed by atoms with Crippen LogP contribution < -0.4 is 5.32 Å². The Balaban J connectivity index is 1.82. The van der Waals surface area contributed by atoms with E-state index in [4.69, 9.17) is 0 Å². The van der Waals surface area contributed by atoms with Crippen molar-refractivity contribution in [1.29, 1.82) is 0 Å². The molecule has 1 aliphatic rings. The standard InChI is InChI=1S/C15H13FN2O3S/c16-12-4-6-13(7-5-12)17-15(19)11-2-1-3-14(10-11)22(20,21)18-8-9-18/h1-7,10H,8-9H2,(H,17,19). The van der Waals surface area contributed by atoms with Gasteiger partial charge in [-0.15, -0.1) is 0 Å². The van der Waals surface area contributed by atoms with Gasteiger partial charge in [-0.2, -0.15) is 4.31 Å². The van der Waals surface area contributed by atoms with Gasteiger partial charge in [0.05, 0.1) is 4.90 Å². The van der Waals surface area contributed by atoms with Crippen molar-refractivity contribution < 1.29 is 17.6 Å². The number of carbonyl (C=O) groups is 1. The first-order valence-corrected chi connectivity index (χ1v) is 8.08. The van der Waals surface area contributed by atoms with Gasteiger partial charge in [-0.3, -0.25) is 4.79 Å². The predicted octanol–water partition coefficient (Wildman–Crippen LogP) is 2.08. The molecule has 0 aromatic heterocycles. The Morgan fingerprint density at radius 3 is 2.41 bits per heavy atom. The minimum absolute atomic E-state index is 0.0942. The van der Waals surface area contributed by atoms with E-state index in [1.807, 2.05) is 0 Å². The minimum Gasteiger partial charge on any atom is -0.322 e. The zero-order valence-electron chi connectivity index (χ0n) is 11.5. The number of halogens is 1. The van der Waals surface area contributed by atoms with Crippen molar-refractivity contribution in [3.8, 4) is 0 Å². The molecule has 0 atom stereocenters. The molecule has 2 aromatic carbocycles. The number of amides is 1. The van der Waals surface area contributed by atoms with E-state index < -0.39 is 21.7 Å². The molecular formula is C15H13FN2O3S. The number of hydrogen-bond acceptors (Lipinski definition) is 3. The van der Waals surface area contributed by atoms with E-state index in [2.05, 4.69) is 5.32 Å². The number of carbonyl (C=O) groups excluding carboxylic acids is 1. The van der Waals surface area contributed by atoms with Gasteiger partial charge >= 0.3 is 0 Å². The van der Waals surface area contributed by atoms with Gasteiger partial charge in [-0.05, 0) is 42.5 Å². The molecule has 0 aliphatic carbocycles. The lowest BCUT2D eigenvalue weighted by Crippen LogP contribution is -2.15. The number of sulfonamides is 1. The molecule has 1 fully saturated rings. The number of anilines is 1. The van der Waals surface area contributed by atoms with E-state index in [9.17, 15) is 17.6 Å². The Labute approximate surface area is 127 Å². The summed E-state index contributed by atoms with van der Waals surface area (Å²) in [5.41, 5.74) is 0.665. The van der Waals surface area contributed by atoms with E-state index in [0.29, 0.717) is 18.8 Å². The molecule has 0 spiro atoms. The fraction of sp³-hybridized carbons (Fsp3) is 0.133. The first kappa shape index (κ1) is 14.7. The van der Waals surface area contributed by atoms with Crippen molar-refractivity contribution >= 4 is 21.6 Å². The Kier molecular flexibility index (Phi) is 3.67. The normalized spacial score (nSPS) is 14.6. The average molecular weight is 320 g/mol. The molecule has 0 unspecified atom stereocenters. The van der Waals surface area contributed by atoms with Crippen LogP contribution in [0.25, 0.3) is 0 Å². The Hall–Kier alpha value is -2.25. The molecular weight excluding hydrogens is 307 g/mol. The molecule has 3 rings (SSSR count). The molecule has 7 heteroatoms. The molecule has 0 bridgehead atoms. The van der Waals surface area contributed by atoms with Gasteiger partial charge in [0.1, 0.15) is 5.82 Å². The zero-order valence-corrected chi connectivity index (χ0v) is 12.3. The van der Waals surface area contributed by atoms with Gasteiger partial charge in [0.25, 0.3) is 5.91 Å². The zero-order chi connectivity index (χ0) is 15.7. The van der Waals surface area contributed by atoms with Gasteiger partial charge < -0.3 is 5.32 Å². The Morgan fingerprint density at radius 2 is 1.77 bits per heavy atom. The summed E-state index contributed by atoms with van der Waals surface area (Å²) in [6.45, 7) is 1.02. The van der Waals surface area contributed by atoms with Crippen molar-refractivity contribution in [2.45, 2.75) is 4.90 Å². The summed E-state index contributed by atoms with van der Waals surface area (Å²) in [5, 5.41) is 2.59. The second-order valence-corrected chi connectivity index (χ2v) is 6.83. The third-order valence-electron chi connectivity index (χ3n) is 3.24. The summed E-state index contributed by atoms with van der Waals surface area (Å²) < 4.78 is 38.4. The molecule has 1 N–H and O–H groups in total. The first-order chi connectivity index (χ1) is 10.5. The highest BCUT2D eigenvalue weighted by molar-refractivity contribution is 7.89. The van der Waals surface area contributed by atoms with Crippen molar-refractivity contribution in [1.82, 2.24) is 4.31 Å². The molecule has 1 amide bonds. The molecule has 22 heavy (non-hydrogen) atoms. The lowest BCUT2D eigenvalue weighted by Gasteiger charge is -2.08. The van der Waals surface area contributed by atoms with Crippen LogP contribution in [0.2, 0.25) is 0 Å². The fourth-order valence-electron chi connectivity index (χ4n) is 1.96. The SMILES string of the molecule is O=C(Nc1ccc(F)cc1)c1cccc(S(=O)(=O)N2CC2)c1. The number of benzene rings is 2. The highest BCUT2D eigenvalue weighted by atomic mass is 32.2. The third kappa shape index (κ3) is 3.00. The molecule has 2 aromatic rings. The van der Waals surface area contributed by atoms with Crippen molar-refractivity contribution in [3.63, 3.8) is 0 Å². The summed E-state index contributed by atoms with van der Waals surface area (Å²) in [7, 11) is -3.50. The quantitative estimate of drug-likeness (QED) is 0.877. The van der Waals surface area contributed by atoms with Crippen molar-refractivity contribution in [2.75, 3.05) is 18.4 Å². The van der Waals surface area contributed by atoms with Crippen LogP contribution in [0.3, 0.4) is 0 Å². The summed E-state index contributed by atoms with van der Waals surface area (Å²) in [6, 6.07) is 11.2. The van der Waals surface area contributed by atoms with E-state index >= 15 is 0 Å². The van der Waals surface area contributed by atoms with Crippen LogP contribution in [-0.4, -0.2) is 31.7 Å². The van der Waals surface area contributed by atoms with Gasteiger partial charge in [0, 0.05) is 24.3 Å². The summed E-state index contributed by atoms with van der Waals surface area (Å²) in [6.07, 6.45) is 0. The maximum atomic E-state index is 12.8. The number of hydrogen-bond donors (Lipinski definition) is 1. The van der Waals surface area contributed by atoms with E-state index in [1.54, 1.807) is 0 Å². The maximum absolute atomic E-state index is 12.8. The van der Waals surface area contributed by atoms with Gasteiger partial charge in [-0.25, -0.2) is 12.8 Å². The minimum atomic E-state index is -3.50. The number of nitrogens with zero attached hydrogens (tertiary/aromatic N) is 1. The van der Waals surface area contributed by atoms with Gasteiger partial charge in [-0.1, -0.05) is 6.07 Å². The van der Waals surface area contributed by atoms with E-state index in [-0.39, 0.29) is 10.5 Å². The molecule has 0 radical (unpaired) electrons. The number of rotatable bonds is 4. The molecule has 1 aliphatic heterocycles. The second kappa shape index (κ2) is 5.51. The lowest BCUT2D eigenvalue weighted by atomic mass is 10.2. The third-order valence-corrected chi connectivity index (χ3v) is 5.14. The Bertz CT molecular complexity index is 815. The fourth-order valence-corrected chi connectivity index (χ4v) is 3.35. The first-order valence-electron chi connectivity index (χ1n) is 6.64. The van der Waals surface area contributed by atoms with Crippen molar-refractivity contribution in [2.24, 2.45) is 0 Å². The largest absolute Gasteiger partial charge is 0.322 e. The van der Waals surface area contributed by atoms with Crippen LogP contribution in [0.15, 0.2) is 53.4 Å². The summed E-state index contributed by atoms with van der Waals surface area (Å²) in [5.74, 6) is -0.848. The smallest absolute Gasteiger partial charge is 0.255 e. The maximum Gasteiger partial charge on any atom is 0.255 e. The number of nitrogens with one attached hydrogen (secondary N) is 1. The summed E-state index contributed by atoms with van der Waals surface area (Å²) >= 11 is 0. The molecule has 1 saturated heterocycles. The van der Waals surface area contributed by atoms with Crippen LogP contribution in [0.4, 0.5) is 10.1 Å². The lowest BCUT2D eigenvalue weighted by molar-refractivity contribution is 0.102. The highest BCUT2D eigenvalue weighted by Gasteiger charge is 2.33. The summed E-state index contributed by atoms with van der Waals surface area (Å²) in [4.78, 5) is 12.2. The van der Waals surface area contributed by atoms with E-state index in [0.717, 1.165) is 0 Å². The van der Waals surface area contributed by atoms with Gasteiger partial charge in [0.15, 0.2) is 0 Å². The topological polar surface area (TPSA) is 66.2 Å². The van der Waals surface area contributed by atoms with Crippen LogP contribution in [0, 0.1) is 5.82 Å². The molecule has 5 nitrogen and oxygen atoms in total. The van der Waals surface area contributed by atoms with Crippen molar-refractivity contribution in [3.05, 3.63) is 59.9 Å². The Morgan fingerprint density at radius 1 is 1.09 bits per heavy atom. The van der Waals surface area contributed by atoms with Crippen LogP contribution >= 0.6 is 0 Å². The van der Waals surface area contributed by atoms with Gasteiger partial charge in [0.2, 0.25) is 10.0 Å². The van der Waals surface area contributed by atoms with Crippen LogP contribution in [0.1, 0.15) is 10.4 Å². The predicted molar refractivity (Wildman–Crippen MR) is 79.6 cm³/mol. The average Bonchev–Trinajstić information content (AvgIpc) is 3.35. The van der Waals surface area contributed by atoms with Crippen LogP contribution in [-0.2, 0) is 10.0 Å². The molecule has 114 valence electrons.